The minimum Gasteiger partial charge on any atom is -0.311 e. The summed E-state index contributed by atoms with van der Waals surface area (Å²) in [6.07, 6.45) is 0.994. The normalized spacial score (nSPS) is 25.9. The average molecular weight is 273 g/mol. The molecular weight excluding hydrogens is 269 g/mol. The molecule has 0 aromatic heterocycles. The summed E-state index contributed by atoms with van der Waals surface area (Å²) in [5, 5.41) is 4.75. The molecule has 0 spiro atoms. The summed E-state index contributed by atoms with van der Waals surface area (Å²) >= 11 is 18.5. The number of nitrogens with one attached hydrogen (secondary N) is 1. The second-order valence-electron chi connectivity index (χ2n) is 2.60. The number of aliphatic imine (C=N–C) groups is 1. The molecule has 0 fully saturated rings. The van der Waals surface area contributed by atoms with Gasteiger partial charge in [0.2, 0.25) is 3.79 Å². The number of carbonyl (C=O) groups is 1. The van der Waals surface area contributed by atoms with E-state index in [4.69, 9.17) is 34.8 Å². The van der Waals surface area contributed by atoms with Crippen molar-refractivity contribution in [3.05, 3.63) is 11.6 Å². The molecule has 0 aromatic carbocycles. The Morgan fingerprint density at radius 2 is 2.29 bits per heavy atom. The Hall–Kier alpha value is -0.100. The van der Waals surface area contributed by atoms with Gasteiger partial charge in [-0.3, -0.25) is 0 Å². The van der Waals surface area contributed by atoms with Crippen LogP contribution < -0.4 is 5.32 Å². The van der Waals surface area contributed by atoms with Gasteiger partial charge in [-0.15, -0.1) is 0 Å². The fourth-order valence-electron chi connectivity index (χ4n) is 1.11. The van der Waals surface area contributed by atoms with E-state index in [1.54, 1.807) is 16.5 Å². The van der Waals surface area contributed by atoms with Gasteiger partial charge in [-0.25, -0.2) is 4.79 Å². The van der Waals surface area contributed by atoms with Crippen molar-refractivity contribution in [1.29, 1.82) is 0 Å². The highest BCUT2D eigenvalue weighted by Crippen LogP contribution is 2.37. The molecular formula is C6H4Cl3N3OS. The maximum atomic E-state index is 11.1. The Morgan fingerprint density at radius 1 is 1.57 bits per heavy atom. The molecule has 0 saturated carbocycles. The zero-order chi connectivity index (χ0) is 10.3. The minimum atomic E-state index is -1.59. The highest BCUT2D eigenvalue weighted by Gasteiger charge is 2.43. The standard InChI is InChI=1S/C6H4Cl3N3OS/c7-6(8,9)3-10-4(13)11-5-12(3)1-2-14-5/h1-3H,(H,10,13)/t3-/m1/s1. The Kier molecular flexibility index (Phi) is 2.59. The first-order valence-electron chi connectivity index (χ1n) is 3.56. The van der Waals surface area contributed by atoms with Gasteiger partial charge in [-0.1, -0.05) is 46.6 Å². The molecule has 0 radical (unpaired) electrons. The number of halogens is 3. The highest BCUT2D eigenvalue weighted by atomic mass is 35.6. The summed E-state index contributed by atoms with van der Waals surface area (Å²) in [6, 6.07) is -0.497. The molecule has 0 unspecified atom stereocenters. The monoisotopic (exact) mass is 271 g/mol. The van der Waals surface area contributed by atoms with Crippen LogP contribution in [0.2, 0.25) is 0 Å². The van der Waals surface area contributed by atoms with Crippen LogP contribution in [0.1, 0.15) is 0 Å². The summed E-state index contributed by atoms with van der Waals surface area (Å²) in [4.78, 5) is 16.5. The summed E-state index contributed by atoms with van der Waals surface area (Å²) in [5.74, 6) is 0. The number of alkyl halides is 3. The van der Waals surface area contributed by atoms with E-state index in [0.717, 1.165) is 0 Å². The van der Waals surface area contributed by atoms with Gasteiger partial charge in [0, 0.05) is 6.20 Å². The van der Waals surface area contributed by atoms with Crippen LogP contribution in [0.5, 0.6) is 0 Å². The van der Waals surface area contributed by atoms with Crippen LogP contribution >= 0.6 is 46.6 Å². The van der Waals surface area contributed by atoms with Crippen LogP contribution in [0.4, 0.5) is 4.79 Å². The van der Waals surface area contributed by atoms with E-state index in [1.165, 1.54) is 11.8 Å². The van der Waals surface area contributed by atoms with Gasteiger partial charge in [0.25, 0.3) is 0 Å². The van der Waals surface area contributed by atoms with Crippen molar-refractivity contribution in [2.45, 2.75) is 9.96 Å². The van der Waals surface area contributed by atoms with Crippen LogP contribution in [-0.4, -0.2) is 26.1 Å². The van der Waals surface area contributed by atoms with E-state index in [9.17, 15) is 4.79 Å². The van der Waals surface area contributed by atoms with Gasteiger partial charge in [-0.05, 0) is 5.41 Å². The fourth-order valence-corrected chi connectivity index (χ4v) is 2.32. The van der Waals surface area contributed by atoms with E-state index in [1.807, 2.05) is 0 Å². The lowest BCUT2D eigenvalue weighted by atomic mass is 10.4. The number of amidine groups is 1. The number of hydrogen-bond donors (Lipinski definition) is 1. The SMILES string of the molecule is O=C1N=C2SC=CN2[C@H](C(Cl)(Cl)Cl)N1. The van der Waals surface area contributed by atoms with Crippen molar-refractivity contribution >= 4 is 57.8 Å². The van der Waals surface area contributed by atoms with Crippen LogP contribution in [-0.2, 0) is 0 Å². The van der Waals surface area contributed by atoms with Crippen LogP contribution in [0.15, 0.2) is 16.6 Å². The lowest BCUT2D eigenvalue weighted by Gasteiger charge is -2.35. The Balaban J connectivity index is 2.32. The summed E-state index contributed by atoms with van der Waals surface area (Å²) < 4.78 is -1.59. The zero-order valence-electron chi connectivity index (χ0n) is 6.58. The molecule has 0 aliphatic carbocycles. The van der Waals surface area contributed by atoms with E-state index >= 15 is 0 Å². The fraction of sp³-hybridized carbons (Fsp3) is 0.333. The van der Waals surface area contributed by atoms with Gasteiger partial charge in [0.05, 0.1) is 0 Å². The molecule has 2 rings (SSSR count). The predicted octanol–water partition coefficient (Wildman–Crippen LogP) is 2.28. The minimum absolute atomic E-state index is 0.497. The molecule has 76 valence electrons. The lowest BCUT2D eigenvalue weighted by Crippen LogP contribution is -2.56. The Labute approximate surface area is 99.3 Å². The number of nitrogens with zero attached hydrogens (tertiary/aromatic N) is 2. The first kappa shape index (κ1) is 10.4. The first-order valence-corrected chi connectivity index (χ1v) is 5.57. The van der Waals surface area contributed by atoms with Gasteiger partial charge in [0.1, 0.15) is 0 Å². The van der Waals surface area contributed by atoms with Gasteiger partial charge >= 0.3 is 6.03 Å². The predicted molar refractivity (Wildman–Crippen MR) is 58.6 cm³/mol. The number of amides is 2. The molecule has 1 atom stereocenters. The van der Waals surface area contributed by atoms with Crippen molar-refractivity contribution in [2.75, 3.05) is 0 Å². The summed E-state index contributed by atoms with van der Waals surface area (Å²) in [6.45, 7) is 0. The molecule has 8 heteroatoms. The number of urea groups is 1. The molecule has 0 bridgehead atoms. The number of rotatable bonds is 0. The van der Waals surface area contributed by atoms with Crippen molar-refractivity contribution < 1.29 is 4.79 Å². The summed E-state index contributed by atoms with van der Waals surface area (Å²) in [5.41, 5.74) is 0. The molecule has 0 aromatic rings. The first-order chi connectivity index (χ1) is 6.48. The number of hydrogen-bond acceptors (Lipinski definition) is 3. The van der Waals surface area contributed by atoms with Crippen molar-refractivity contribution in [1.82, 2.24) is 10.2 Å². The Bertz CT molecular complexity index is 338. The smallest absolute Gasteiger partial charge is 0.311 e. The van der Waals surface area contributed by atoms with Crippen LogP contribution in [0.25, 0.3) is 0 Å². The molecule has 0 saturated heterocycles. The van der Waals surface area contributed by atoms with Gasteiger partial charge in [-0.2, -0.15) is 4.99 Å². The van der Waals surface area contributed by atoms with Gasteiger partial charge < -0.3 is 10.2 Å². The third-order valence-corrected chi connectivity index (χ3v) is 3.05. The van der Waals surface area contributed by atoms with Crippen LogP contribution in [0.3, 0.4) is 0 Å². The molecule has 1 N–H and O–H groups in total. The lowest BCUT2D eigenvalue weighted by molar-refractivity contribution is 0.231. The van der Waals surface area contributed by atoms with Crippen molar-refractivity contribution in [2.24, 2.45) is 4.99 Å². The number of thioether (sulfide) groups is 1. The molecule has 2 aliphatic heterocycles. The largest absolute Gasteiger partial charge is 0.345 e. The number of carbonyl (C=O) groups excluding carboxylic acids is 1. The Morgan fingerprint density at radius 3 is 2.93 bits per heavy atom. The second kappa shape index (κ2) is 3.48. The maximum Gasteiger partial charge on any atom is 0.345 e. The molecule has 2 aliphatic rings. The van der Waals surface area contributed by atoms with E-state index in [0.29, 0.717) is 5.17 Å². The highest BCUT2D eigenvalue weighted by molar-refractivity contribution is 8.16. The zero-order valence-corrected chi connectivity index (χ0v) is 9.66. The third-order valence-electron chi connectivity index (χ3n) is 1.66. The second-order valence-corrected chi connectivity index (χ2v) is 5.84. The molecule has 2 amide bonds. The molecule has 2 heterocycles. The molecule has 14 heavy (non-hydrogen) atoms. The third kappa shape index (κ3) is 1.82. The van der Waals surface area contributed by atoms with E-state index in [-0.39, 0.29) is 0 Å². The van der Waals surface area contributed by atoms with Crippen molar-refractivity contribution in [3.8, 4) is 0 Å². The van der Waals surface area contributed by atoms with E-state index in [2.05, 4.69) is 10.3 Å². The van der Waals surface area contributed by atoms with E-state index < -0.39 is 16.0 Å². The van der Waals surface area contributed by atoms with Crippen molar-refractivity contribution in [3.63, 3.8) is 0 Å². The van der Waals surface area contributed by atoms with Crippen LogP contribution in [0, 0.1) is 0 Å². The molecule has 4 nitrogen and oxygen atoms in total. The summed E-state index contributed by atoms with van der Waals surface area (Å²) in [7, 11) is 0. The topological polar surface area (TPSA) is 44.7 Å². The quantitative estimate of drug-likeness (QED) is 0.688. The number of fused-ring (bicyclic) bond motifs is 1. The maximum absolute atomic E-state index is 11.1. The van der Waals surface area contributed by atoms with Gasteiger partial charge in [0.15, 0.2) is 11.3 Å². The average Bonchev–Trinajstić information content (AvgIpc) is 2.47.